The highest BCUT2D eigenvalue weighted by Gasteiger charge is 2.33. The van der Waals surface area contributed by atoms with Crippen LogP contribution in [0.4, 0.5) is 0 Å². The van der Waals surface area contributed by atoms with Crippen LogP contribution in [0.3, 0.4) is 0 Å². The second-order valence-corrected chi connectivity index (χ2v) is 6.35. The van der Waals surface area contributed by atoms with Crippen LogP contribution >= 0.6 is 0 Å². The first kappa shape index (κ1) is 15.5. The van der Waals surface area contributed by atoms with E-state index in [1.165, 1.54) is 25.7 Å². The van der Waals surface area contributed by atoms with Gasteiger partial charge < -0.3 is 10.8 Å². The molecule has 1 saturated carbocycles. The molecule has 1 aliphatic rings. The Morgan fingerprint density at radius 3 is 2.50 bits per heavy atom. The highest BCUT2D eigenvalue weighted by Crippen LogP contribution is 2.30. The van der Waals surface area contributed by atoms with Crippen molar-refractivity contribution in [1.29, 1.82) is 0 Å². The van der Waals surface area contributed by atoms with E-state index in [4.69, 9.17) is 5.73 Å². The van der Waals surface area contributed by atoms with Crippen molar-refractivity contribution >= 4 is 0 Å². The highest BCUT2D eigenvalue weighted by atomic mass is 16.3. The molecule has 0 radical (unpaired) electrons. The molecule has 0 saturated heterocycles. The molecule has 3 nitrogen and oxygen atoms in total. The molecular weight excluding hydrogens is 248 g/mol. The normalized spacial score (nSPS) is 26.4. The lowest BCUT2D eigenvalue weighted by molar-refractivity contribution is -0.00969. The number of aliphatic hydroxyl groups is 1. The summed E-state index contributed by atoms with van der Waals surface area (Å²) in [6, 6.07) is 10.4. The molecule has 0 bridgehead atoms. The predicted octanol–water partition coefficient (Wildman–Crippen LogP) is 2.34. The van der Waals surface area contributed by atoms with Crippen molar-refractivity contribution in [2.24, 2.45) is 11.7 Å². The average molecular weight is 276 g/mol. The Hall–Kier alpha value is -0.900. The van der Waals surface area contributed by atoms with E-state index >= 15 is 0 Å². The van der Waals surface area contributed by atoms with Gasteiger partial charge in [-0.1, -0.05) is 50.1 Å². The Morgan fingerprint density at radius 1 is 1.25 bits per heavy atom. The lowest BCUT2D eigenvalue weighted by Gasteiger charge is -2.40. The monoisotopic (exact) mass is 276 g/mol. The number of nitrogens with two attached hydrogens (primary N) is 1. The van der Waals surface area contributed by atoms with Crippen molar-refractivity contribution in [3.05, 3.63) is 35.9 Å². The Bertz CT molecular complexity index is 409. The van der Waals surface area contributed by atoms with Gasteiger partial charge in [-0.2, -0.15) is 0 Å². The molecule has 1 aromatic carbocycles. The molecule has 20 heavy (non-hydrogen) atoms. The standard InChI is InChI=1S/C17H28N2O/c1-14-8-6-7-11-16(14)19(2)13-17(20,12-18)15-9-4-3-5-10-15/h3-5,9-10,14,16,20H,6-8,11-13,18H2,1-2H3. The molecule has 0 spiro atoms. The Kier molecular flexibility index (Phi) is 5.19. The van der Waals surface area contributed by atoms with Gasteiger partial charge in [-0.3, -0.25) is 4.90 Å². The summed E-state index contributed by atoms with van der Waals surface area (Å²) in [6.45, 7) is 3.18. The van der Waals surface area contributed by atoms with Gasteiger partial charge in [0.2, 0.25) is 0 Å². The zero-order valence-electron chi connectivity index (χ0n) is 12.8. The maximum Gasteiger partial charge on any atom is 0.114 e. The predicted molar refractivity (Wildman–Crippen MR) is 83.4 cm³/mol. The minimum atomic E-state index is -0.951. The fraction of sp³-hybridized carbons (Fsp3) is 0.647. The van der Waals surface area contributed by atoms with E-state index in [-0.39, 0.29) is 6.54 Å². The Morgan fingerprint density at radius 2 is 1.90 bits per heavy atom. The molecule has 0 heterocycles. The summed E-state index contributed by atoms with van der Waals surface area (Å²) in [5.74, 6) is 0.701. The van der Waals surface area contributed by atoms with E-state index in [1.54, 1.807) is 0 Å². The van der Waals surface area contributed by atoms with Gasteiger partial charge in [-0.05, 0) is 31.4 Å². The number of rotatable bonds is 5. The molecular formula is C17H28N2O. The minimum absolute atomic E-state index is 0.252. The molecule has 1 aromatic rings. The van der Waals surface area contributed by atoms with Crippen molar-refractivity contribution in [3.63, 3.8) is 0 Å². The number of nitrogens with zero attached hydrogens (tertiary/aromatic N) is 1. The third kappa shape index (κ3) is 3.40. The Balaban J connectivity index is 2.09. The summed E-state index contributed by atoms with van der Waals surface area (Å²) in [5, 5.41) is 10.9. The number of hydrogen-bond acceptors (Lipinski definition) is 3. The number of hydrogen-bond donors (Lipinski definition) is 2. The van der Waals surface area contributed by atoms with Gasteiger partial charge >= 0.3 is 0 Å². The van der Waals surface area contributed by atoms with E-state index in [0.717, 1.165) is 5.56 Å². The minimum Gasteiger partial charge on any atom is -0.382 e. The molecule has 112 valence electrons. The van der Waals surface area contributed by atoms with Gasteiger partial charge in [0, 0.05) is 19.1 Å². The SMILES string of the molecule is CC1CCCCC1N(C)CC(O)(CN)c1ccccc1. The van der Waals surface area contributed by atoms with Crippen LogP contribution in [0.2, 0.25) is 0 Å². The first-order valence-corrected chi connectivity index (χ1v) is 7.75. The summed E-state index contributed by atoms with van der Waals surface area (Å²) in [6.07, 6.45) is 5.16. The summed E-state index contributed by atoms with van der Waals surface area (Å²) in [4.78, 5) is 2.31. The topological polar surface area (TPSA) is 49.5 Å². The summed E-state index contributed by atoms with van der Waals surface area (Å²) < 4.78 is 0. The maximum absolute atomic E-state index is 10.9. The van der Waals surface area contributed by atoms with Crippen LogP contribution in [0.5, 0.6) is 0 Å². The van der Waals surface area contributed by atoms with E-state index in [9.17, 15) is 5.11 Å². The molecule has 2 rings (SSSR count). The van der Waals surface area contributed by atoms with Crippen LogP contribution in [0, 0.1) is 5.92 Å². The molecule has 0 aromatic heterocycles. The van der Waals surface area contributed by atoms with Gasteiger partial charge in [0.05, 0.1) is 0 Å². The first-order valence-electron chi connectivity index (χ1n) is 7.75. The zero-order chi connectivity index (χ0) is 14.6. The third-order valence-electron chi connectivity index (χ3n) is 4.79. The summed E-state index contributed by atoms with van der Waals surface area (Å²) >= 11 is 0. The molecule has 1 fully saturated rings. The van der Waals surface area contributed by atoms with Gasteiger partial charge in [0.15, 0.2) is 0 Å². The van der Waals surface area contributed by atoms with Gasteiger partial charge in [-0.15, -0.1) is 0 Å². The van der Waals surface area contributed by atoms with Crippen molar-refractivity contribution in [3.8, 4) is 0 Å². The fourth-order valence-electron chi connectivity index (χ4n) is 3.50. The number of benzene rings is 1. The van der Waals surface area contributed by atoms with Gasteiger partial charge in [-0.25, -0.2) is 0 Å². The van der Waals surface area contributed by atoms with Crippen molar-refractivity contribution in [2.45, 2.75) is 44.2 Å². The van der Waals surface area contributed by atoms with Gasteiger partial charge in [0.1, 0.15) is 5.60 Å². The second-order valence-electron chi connectivity index (χ2n) is 6.35. The molecule has 3 N–H and O–H groups in total. The number of likely N-dealkylation sites (N-methyl/N-ethyl adjacent to an activating group) is 1. The largest absolute Gasteiger partial charge is 0.382 e. The molecule has 3 unspecified atom stereocenters. The molecule has 1 aliphatic carbocycles. The summed E-state index contributed by atoms with van der Waals surface area (Å²) in [7, 11) is 2.12. The molecule has 0 amide bonds. The average Bonchev–Trinajstić information content (AvgIpc) is 2.48. The third-order valence-corrected chi connectivity index (χ3v) is 4.79. The van der Waals surface area contributed by atoms with Crippen LogP contribution in [0.15, 0.2) is 30.3 Å². The fourth-order valence-corrected chi connectivity index (χ4v) is 3.50. The van der Waals surface area contributed by atoms with Crippen LogP contribution in [-0.2, 0) is 5.60 Å². The Labute approximate surface area is 122 Å². The van der Waals surface area contributed by atoms with Gasteiger partial charge in [0.25, 0.3) is 0 Å². The van der Waals surface area contributed by atoms with E-state index in [0.29, 0.717) is 18.5 Å². The van der Waals surface area contributed by atoms with E-state index < -0.39 is 5.60 Å². The van der Waals surface area contributed by atoms with E-state index in [2.05, 4.69) is 18.9 Å². The smallest absolute Gasteiger partial charge is 0.114 e. The second kappa shape index (κ2) is 6.70. The molecule has 0 aliphatic heterocycles. The first-order chi connectivity index (χ1) is 9.57. The maximum atomic E-state index is 10.9. The quantitative estimate of drug-likeness (QED) is 0.868. The molecule has 3 heteroatoms. The van der Waals surface area contributed by atoms with Crippen LogP contribution in [0.25, 0.3) is 0 Å². The molecule has 3 atom stereocenters. The lowest BCUT2D eigenvalue weighted by atomic mass is 9.84. The van der Waals surface area contributed by atoms with Crippen molar-refractivity contribution < 1.29 is 5.11 Å². The van der Waals surface area contributed by atoms with Crippen LogP contribution < -0.4 is 5.73 Å². The van der Waals surface area contributed by atoms with Crippen molar-refractivity contribution in [1.82, 2.24) is 4.90 Å². The van der Waals surface area contributed by atoms with Crippen molar-refractivity contribution in [2.75, 3.05) is 20.1 Å². The zero-order valence-corrected chi connectivity index (χ0v) is 12.8. The summed E-state index contributed by atoms with van der Waals surface area (Å²) in [5.41, 5.74) is 5.84. The van der Waals surface area contributed by atoms with Crippen LogP contribution in [0.1, 0.15) is 38.2 Å². The lowest BCUT2D eigenvalue weighted by Crippen LogP contribution is -2.50. The van der Waals surface area contributed by atoms with E-state index in [1.807, 2.05) is 30.3 Å². The van der Waals surface area contributed by atoms with Crippen LogP contribution in [-0.4, -0.2) is 36.2 Å². The highest BCUT2D eigenvalue weighted by molar-refractivity contribution is 5.23.